The molecule has 6 rings (SSSR count). The van der Waals surface area contributed by atoms with Gasteiger partial charge < -0.3 is 14.5 Å². The number of aromatic nitrogens is 4. The van der Waals surface area contributed by atoms with Crippen molar-refractivity contribution < 1.29 is 27.1 Å². The van der Waals surface area contributed by atoms with E-state index >= 15 is 0 Å². The fourth-order valence-electron chi connectivity index (χ4n) is 6.31. The number of ether oxygens (including phenoxy) is 1. The second kappa shape index (κ2) is 13.0. The number of piperazine rings is 1. The second-order valence-electron chi connectivity index (χ2n) is 11.7. The van der Waals surface area contributed by atoms with Crippen molar-refractivity contribution in [2.24, 2.45) is 0 Å². The first-order valence-electron chi connectivity index (χ1n) is 15.0. The molecule has 0 radical (unpaired) electrons. The van der Waals surface area contributed by atoms with Gasteiger partial charge in [-0.2, -0.15) is 28.4 Å². The molecule has 1 unspecified atom stereocenters. The average molecular weight is 685 g/mol. The predicted molar refractivity (Wildman–Crippen MR) is 170 cm³/mol. The maximum Gasteiger partial charge on any atom is 0.450 e. The van der Waals surface area contributed by atoms with Crippen LogP contribution in [-0.2, 0) is 11.0 Å². The van der Waals surface area contributed by atoms with Gasteiger partial charge in [0.25, 0.3) is 5.56 Å². The van der Waals surface area contributed by atoms with E-state index in [1.807, 2.05) is 6.07 Å². The van der Waals surface area contributed by atoms with Crippen molar-refractivity contribution in [2.75, 3.05) is 44.7 Å². The fourth-order valence-corrected chi connectivity index (χ4v) is 6.59. The zero-order chi connectivity index (χ0) is 34.3. The third-order valence-corrected chi connectivity index (χ3v) is 8.93. The Balaban J connectivity index is 1.57. The molecule has 0 spiro atoms. The summed E-state index contributed by atoms with van der Waals surface area (Å²) in [5, 5.41) is 10.3. The number of fused-ring (bicyclic) bond motifs is 2. The minimum Gasteiger partial charge on any atom is -0.462 e. The number of hydrogen-bond donors (Lipinski definition) is 0. The number of benzene rings is 2. The molecule has 16 heteroatoms. The van der Waals surface area contributed by atoms with E-state index in [4.69, 9.17) is 16.3 Å². The van der Waals surface area contributed by atoms with Crippen molar-refractivity contribution in [3.05, 3.63) is 70.3 Å². The van der Waals surface area contributed by atoms with E-state index in [0.29, 0.717) is 9.95 Å². The van der Waals surface area contributed by atoms with Crippen LogP contribution in [0.5, 0.6) is 6.01 Å². The smallest absolute Gasteiger partial charge is 0.450 e. The third-order valence-electron chi connectivity index (χ3n) is 8.62. The SMILES string of the molecule is C=CC(=O)N1CCN(c2nc(OCC3C[C@@H](F)CN3C)nc3c(=O)n(-c4cccc5cccc(Cl)c45)c(C(F)(F)F)nc23)C[C@@H]1CC#N. The van der Waals surface area contributed by atoms with Crippen LogP contribution in [0.3, 0.4) is 0 Å². The highest BCUT2D eigenvalue weighted by atomic mass is 35.5. The molecule has 0 bridgehead atoms. The van der Waals surface area contributed by atoms with Gasteiger partial charge in [-0.05, 0) is 37.1 Å². The van der Waals surface area contributed by atoms with Crippen molar-refractivity contribution in [3.63, 3.8) is 0 Å². The highest BCUT2D eigenvalue weighted by Gasteiger charge is 2.40. The Morgan fingerprint density at radius 2 is 1.88 bits per heavy atom. The summed E-state index contributed by atoms with van der Waals surface area (Å²) in [5.74, 6) is -2.08. The van der Waals surface area contributed by atoms with Crippen molar-refractivity contribution in [2.45, 2.75) is 37.3 Å². The van der Waals surface area contributed by atoms with Gasteiger partial charge in [0.05, 0.1) is 29.2 Å². The molecule has 0 N–H and O–H groups in total. The Morgan fingerprint density at radius 1 is 1.12 bits per heavy atom. The van der Waals surface area contributed by atoms with Crippen molar-refractivity contribution >= 4 is 45.1 Å². The quantitative estimate of drug-likeness (QED) is 0.204. The highest BCUT2D eigenvalue weighted by Crippen LogP contribution is 2.36. The number of amides is 1. The van der Waals surface area contributed by atoms with Crippen LogP contribution < -0.4 is 15.2 Å². The Hall–Kier alpha value is -4.81. The number of likely N-dealkylation sites (tertiary alicyclic amines) is 1. The van der Waals surface area contributed by atoms with Crippen LogP contribution >= 0.6 is 11.6 Å². The van der Waals surface area contributed by atoms with Crippen LogP contribution in [0.25, 0.3) is 27.5 Å². The molecule has 2 aromatic carbocycles. The van der Waals surface area contributed by atoms with Crippen molar-refractivity contribution in [3.8, 4) is 17.8 Å². The Kier molecular flexibility index (Phi) is 8.97. The molecule has 11 nitrogen and oxygen atoms in total. The second-order valence-corrected chi connectivity index (χ2v) is 12.1. The van der Waals surface area contributed by atoms with Gasteiger partial charge in [-0.1, -0.05) is 42.4 Å². The number of halogens is 5. The Labute approximate surface area is 276 Å². The lowest BCUT2D eigenvalue weighted by Gasteiger charge is -2.40. The summed E-state index contributed by atoms with van der Waals surface area (Å²) in [7, 11) is 1.73. The van der Waals surface area contributed by atoms with E-state index in [9.17, 15) is 32.4 Å². The molecule has 2 aliphatic heterocycles. The molecule has 48 heavy (non-hydrogen) atoms. The Bertz CT molecular complexity index is 2010. The minimum absolute atomic E-state index is 0.0152. The van der Waals surface area contributed by atoms with E-state index in [0.717, 1.165) is 6.08 Å². The summed E-state index contributed by atoms with van der Waals surface area (Å²) in [6.07, 6.45) is -4.95. The molecule has 250 valence electrons. The van der Waals surface area contributed by atoms with Crippen LogP contribution in [-0.4, -0.2) is 93.3 Å². The number of alkyl halides is 4. The highest BCUT2D eigenvalue weighted by molar-refractivity contribution is 6.36. The number of nitriles is 1. The van der Waals surface area contributed by atoms with Gasteiger partial charge in [0.1, 0.15) is 18.3 Å². The number of carbonyl (C=O) groups excluding carboxylic acids is 1. The first-order chi connectivity index (χ1) is 22.9. The molecule has 1 amide bonds. The van der Waals surface area contributed by atoms with E-state index in [-0.39, 0.29) is 79.6 Å². The average Bonchev–Trinajstić information content (AvgIpc) is 3.38. The van der Waals surface area contributed by atoms with Gasteiger partial charge in [0.15, 0.2) is 11.3 Å². The maximum absolute atomic E-state index is 14.8. The molecule has 3 atom stereocenters. The Morgan fingerprint density at radius 3 is 2.54 bits per heavy atom. The standard InChI is InChI=1S/C32H29ClF4N8O3/c1-3-24(46)44-13-12-43(16-20(44)10-11-38)28-26-27(40-31(41-28)48-17-21-14-19(34)15-42(21)2)29(47)45(30(39-26)32(35,36)37)23-9-5-7-18-6-4-8-22(33)25(18)23/h3-9,19-21H,1,10,12-17H2,2H3/t19-,20+,21?/m1/s1. The van der Waals surface area contributed by atoms with Crippen LogP contribution in [0, 0.1) is 11.3 Å². The van der Waals surface area contributed by atoms with Crippen LogP contribution in [0.2, 0.25) is 5.02 Å². The summed E-state index contributed by atoms with van der Waals surface area (Å²) in [6.45, 7) is 3.80. The molecular formula is C32H29ClF4N8O3. The molecule has 4 aromatic rings. The first-order valence-corrected chi connectivity index (χ1v) is 15.4. The van der Waals surface area contributed by atoms with Crippen molar-refractivity contribution in [1.29, 1.82) is 5.26 Å². The van der Waals surface area contributed by atoms with Crippen molar-refractivity contribution in [1.82, 2.24) is 29.3 Å². The molecule has 2 aromatic heterocycles. The van der Waals surface area contributed by atoms with Gasteiger partial charge in [-0.15, -0.1) is 0 Å². The number of anilines is 1. The summed E-state index contributed by atoms with van der Waals surface area (Å²) in [4.78, 5) is 44.3. The largest absolute Gasteiger partial charge is 0.462 e. The molecule has 2 fully saturated rings. The fraction of sp³-hybridized carbons (Fsp3) is 0.375. The number of rotatable bonds is 7. The normalized spacial score (nSPS) is 20.3. The summed E-state index contributed by atoms with van der Waals surface area (Å²) < 4.78 is 64.9. The molecular weight excluding hydrogens is 656 g/mol. The molecule has 2 aliphatic rings. The number of likely N-dealkylation sites (N-methyl/N-ethyl adjacent to an activating group) is 1. The summed E-state index contributed by atoms with van der Waals surface area (Å²) in [5.41, 5.74) is -2.20. The monoisotopic (exact) mass is 684 g/mol. The molecule has 2 saturated heterocycles. The van der Waals surface area contributed by atoms with E-state index < -0.39 is 46.7 Å². The number of hydrogen-bond acceptors (Lipinski definition) is 9. The summed E-state index contributed by atoms with van der Waals surface area (Å²) in [6, 6.07) is 9.99. The van der Waals surface area contributed by atoms with Gasteiger partial charge in [0.2, 0.25) is 11.7 Å². The maximum atomic E-state index is 14.8. The van der Waals surface area contributed by atoms with Crippen LogP contribution in [0.15, 0.2) is 53.8 Å². The number of carbonyl (C=O) groups is 1. The van der Waals surface area contributed by atoms with Gasteiger partial charge >= 0.3 is 12.2 Å². The van der Waals surface area contributed by atoms with Gasteiger partial charge in [-0.3, -0.25) is 19.1 Å². The molecule has 0 saturated carbocycles. The zero-order valence-electron chi connectivity index (χ0n) is 25.6. The predicted octanol–water partition coefficient (Wildman–Crippen LogP) is 4.54. The minimum atomic E-state index is -5.11. The topological polar surface area (TPSA) is 120 Å². The summed E-state index contributed by atoms with van der Waals surface area (Å²) >= 11 is 6.45. The van der Waals surface area contributed by atoms with E-state index in [1.54, 1.807) is 35.0 Å². The van der Waals surface area contributed by atoms with Gasteiger partial charge in [-0.25, -0.2) is 9.37 Å². The molecule has 0 aliphatic carbocycles. The van der Waals surface area contributed by atoms with Crippen LogP contribution in [0.4, 0.5) is 23.4 Å². The number of nitrogens with zero attached hydrogens (tertiary/aromatic N) is 8. The lowest BCUT2D eigenvalue weighted by atomic mass is 10.1. The third kappa shape index (κ3) is 6.13. The van der Waals surface area contributed by atoms with E-state index in [2.05, 4.69) is 21.5 Å². The lowest BCUT2D eigenvalue weighted by Crippen LogP contribution is -2.55. The molecule has 4 heterocycles. The van der Waals surface area contributed by atoms with Crippen LogP contribution in [0.1, 0.15) is 18.7 Å². The van der Waals surface area contributed by atoms with E-state index in [1.165, 1.54) is 23.1 Å². The lowest BCUT2D eigenvalue weighted by molar-refractivity contribution is -0.146. The van der Waals surface area contributed by atoms with Gasteiger partial charge in [0, 0.05) is 37.6 Å². The zero-order valence-corrected chi connectivity index (χ0v) is 26.4. The first kappa shape index (κ1) is 33.1.